The van der Waals surface area contributed by atoms with Crippen molar-refractivity contribution in [1.29, 1.82) is 0 Å². The smallest absolute Gasteiger partial charge is 0.326 e. The summed E-state index contributed by atoms with van der Waals surface area (Å²) in [5.74, 6) is -0.135. The Morgan fingerprint density at radius 3 is 2.71 bits per heavy atom. The van der Waals surface area contributed by atoms with Crippen LogP contribution in [-0.2, 0) is 9.59 Å². The lowest BCUT2D eigenvalue weighted by atomic mass is 10.1. The lowest BCUT2D eigenvalue weighted by Gasteiger charge is -2.15. The molecule has 0 bridgehead atoms. The summed E-state index contributed by atoms with van der Waals surface area (Å²) in [5.41, 5.74) is 1.98. The second-order valence-corrected chi connectivity index (χ2v) is 5.78. The van der Waals surface area contributed by atoms with Crippen molar-refractivity contribution in [3.63, 3.8) is 0 Å². The summed E-state index contributed by atoms with van der Waals surface area (Å²) in [6.07, 6.45) is 2.29. The number of amides is 1. The summed E-state index contributed by atoms with van der Waals surface area (Å²) in [5, 5.41) is 11.5. The van der Waals surface area contributed by atoms with E-state index >= 15 is 0 Å². The fourth-order valence-corrected chi connectivity index (χ4v) is 2.21. The number of nitrogens with one attached hydrogen (secondary N) is 1. The molecule has 0 saturated carbocycles. The van der Waals surface area contributed by atoms with Crippen molar-refractivity contribution in [2.45, 2.75) is 26.3 Å². The predicted molar refractivity (Wildman–Crippen MR) is 84.0 cm³/mol. The summed E-state index contributed by atoms with van der Waals surface area (Å²) in [7, 11) is 0. The van der Waals surface area contributed by atoms with Gasteiger partial charge in [0.1, 0.15) is 11.8 Å². The van der Waals surface area contributed by atoms with Gasteiger partial charge in [-0.05, 0) is 49.5 Å². The van der Waals surface area contributed by atoms with Crippen molar-refractivity contribution in [2.75, 3.05) is 18.6 Å². The van der Waals surface area contributed by atoms with Crippen LogP contribution in [0, 0.1) is 13.8 Å². The summed E-state index contributed by atoms with van der Waals surface area (Å²) < 4.78 is 5.45. The molecular formula is C15H21NO4S. The van der Waals surface area contributed by atoms with Crippen LogP contribution in [0.3, 0.4) is 0 Å². The molecule has 1 rings (SSSR count). The molecule has 2 N–H and O–H groups in total. The zero-order chi connectivity index (χ0) is 15.8. The van der Waals surface area contributed by atoms with Crippen LogP contribution in [0.5, 0.6) is 5.75 Å². The lowest BCUT2D eigenvalue weighted by Crippen LogP contribution is -2.43. The molecule has 0 saturated heterocycles. The molecule has 0 unspecified atom stereocenters. The third-order valence-electron chi connectivity index (χ3n) is 2.95. The van der Waals surface area contributed by atoms with Crippen molar-refractivity contribution < 1.29 is 19.4 Å². The SMILES string of the molecule is CSCC[C@@H](NC(=O)COc1cc(C)ccc1C)C(=O)O. The number of rotatable bonds is 8. The number of carbonyl (C=O) groups is 2. The Hall–Kier alpha value is -1.69. The second kappa shape index (κ2) is 8.56. The highest BCUT2D eigenvalue weighted by Crippen LogP contribution is 2.18. The molecular weight excluding hydrogens is 290 g/mol. The molecule has 5 nitrogen and oxygen atoms in total. The van der Waals surface area contributed by atoms with Gasteiger partial charge < -0.3 is 15.2 Å². The van der Waals surface area contributed by atoms with E-state index in [2.05, 4.69) is 5.32 Å². The van der Waals surface area contributed by atoms with Gasteiger partial charge in [0.2, 0.25) is 0 Å². The fraction of sp³-hybridized carbons (Fsp3) is 0.467. The van der Waals surface area contributed by atoms with Crippen molar-refractivity contribution in [3.8, 4) is 5.75 Å². The van der Waals surface area contributed by atoms with Gasteiger partial charge in [-0.15, -0.1) is 0 Å². The zero-order valence-corrected chi connectivity index (χ0v) is 13.3. The fourth-order valence-electron chi connectivity index (χ4n) is 1.74. The Balaban J connectivity index is 2.52. The molecule has 0 aliphatic heterocycles. The van der Waals surface area contributed by atoms with E-state index in [-0.39, 0.29) is 6.61 Å². The van der Waals surface area contributed by atoms with Gasteiger partial charge in [-0.1, -0.05) is 12.1 Å². The number of carboxylic acids is 1. The van der Waals surface area contributed by atoms with Crippen molar-refractivity contribution in [2.24, 2.45) is 0 Å². The molecule has 0 aliphatic carbocycles. The van der Waals surface area contributed by atoms with Crippen LogP contribution < -0.4 is 10.1 Å². The number of aryl methyl sites for hydroxylation is 2. The Labute approximate surface area is 129 Å². The highest BCUT2D eigenvalue weighted by Gasteiger charge is 2.19. The first-order chi connectivity index (χ1) is 9.93. The van der Waals surface area contributed by atoms with Crippen LogP contribution in [0.1, 0.15) is 17.5 Å². The first kappa shape index (κ1) is 17.4. The molecule has 0 spiro atoms. The lowest BCUT2D eigenvalue weighted by molar-refractivity contribution is -0.142. The van der Waals surface area contributed by atoms with Gasteiger partial charge >= 0.3 is 5.97 Å². The highest BCUT2D eigenvalue weighted by molar-refractivity contribution is 7.98. The van der Waals surface area contributed by atoms with Gasteiger partial charge in [-0.2, -0.15) is 11.8 Å². The second-order valence-electron chi connectivity index (χ2n) is 4.80. The molecule has 0 fully saturated rings. The minimum atomic E-state index is -1.02. The van der Waals surface area contributed by atoms with E-state index in [0.29, 0.717) is 17.9 Å². The zero-order valence-electron chi connectivity index (χ0n) is 12.5. The van der Waals surface area contributed by atoms with Crippen LogP contribution in [-0.4, -0.2) is 41.6 Å². The highest BCUT2D eigenvalue weighted by atomic mass is 32.2. The summed E-state index contributed by atoms with van der Waals surface area (Å²) in [4.78, 5) is 22.8. The largest absolute Gasteiger partial charge is 0.483 e. The molecule has 1 amide bonds. The number of carbonyl (C=O) groups excluding carboxylic acids is 1. The predicted octanol–water partition coefficient (Wildman–Crippen LogP) is 2.00. The van der Waals surface area contributed by atoms with E-state index in [1.54, 1.807) is 11.8 Å². The number of hydrogen-bond donors (Lipinski definition) is 2. The van der Waals surface area contributed by atoms with Gasteiger partial charge in [-0.3, -0.25) is 4.79 Å². The Bertz CT molecular complexity index is 504. The topological polar surface area (TPSA) is 75.6 Å². The maximum absolute atomic E-state index is 11.8. The van der Waals surface area contributed by atoms with E-state index in [1.807, 2.05) is 38.3 Å². The average molecular weight is 311 g/mol. The van der Waals surface area contributed by atoms with Gasteiger partial charge in [0, 0.05) is 0 Å². The van der Waals surface area contributed by atoms with Crippen LogP contribution in [0.15, 0.2) is 18.2 Å². The number of aliphatic carboxylic acids is 1. The van der Waals surface area contributed by atoms with Gasteiger partial charge in [0.05, 0.1) is 0 Å². The minimum absolute atomic E-state index is 0.187. The van der Waals surface area contributed by atoms with Crippen LogP contribution in [0.2, 0.25) is 0 Å². The molecule has 21 heavy (non-hydrogen) atoms. The van der Waals surface area contributed by atoms with Gasteiger partial charge in [0.25, 0.3) is 5.91 Å². The van der Waals surface area contributed by atoms with Crippen molar-refractivity contribution >= 4 is 23.6 Å². The summed E-state index contributed by atoms with van der Waals surface area (Å²) in [6, 6.07) is 4.87. The first-order valence-corrected chi connectivity index (χ1v) is 8.04. The number of benzene rings is 1. The molecule has 1 aromatic rings. The van der Waals surface area contributed by atoms with Crippen LogP contribution in [0.4, 0.5) is 0 Å². The average Bonchev–Trinajstić information content (AvgIpc) is 2.44. The Kier molecular flexibility index (Phi) is 7.08. The maximum atomic E-state index is 11.8. The number of hydrogen-bond acceptors (Lipinski definition) is 4. The molecule has 1 aromatic carbocycles. The van der Waals surface area contributed by atoms with Gasteiger partial charge in [0.15, 0.2) is 6.61 Å². The standard InChI is InChI=1S/C15H21NO4S/c1-10-4-5-11(2)13(8-10)20-9-14(17)16-12(15(18)19)6-7-21-3/h4-5,8,12H,6-7,9H2,1-3H3,(H,16,17)(H,18,19)/t12-/m1/s1. The molecule has 116 valence electrons. The quantitative estimate of drug-likeness (QED) is 0.768. The number of thioether (sulfide) groups is 1. The maximum Gasteiger partial charge on any atom is 0.326 e. The van der Waals surface area contributed by atoms with Crippen LogP contribution >= 0.6 is 11.8 Å². The monoisotopic (exact) mass is 311 g/mol. The third-order valence-corrected chi connectivity index (χ3v) is 3.59. The third kappa shape index (κ3) is 6.08. The minimum Gasteiger partial charge on any atom is -0.483 e. The normalized spacial score (nSPS) is 11.8. The molecule has 1 atom stereocenters. The molecule has 0 aliphatic rings. The molecule has 0 heterocycles. The Morgan fingerprint density at radius 1 is 1.38 bits per heavy atom. The summed E-state index contributed by atoms with van der Waals surface area (Å²) >= 11 is 1.54. The molecule has 0 radical (unpaired) electrons. The first-order valence-electron chi connectivity index (χ1n) is 6.65. The van der Waals surface area contributed by atoms with Crippen molar-refractivity contribution in [3.05, 3.63) is 29.3 Å². The van der Waals surface area contributed by atoms with E-state index < -0.39 is 17.9 Å². The van der Waals surface area contributed by atoms with E-state index in [9.17, 15) is 9.59 Å². The number of ether oxygens (including phenoxy) is 1. The Morgan fingerprint density at radius 2 is 2.10 bits per heavy atom. The summed E-state index contributed by atoms with van der Waals surface area (Å²) in [6.45, 7) is 3.65. The molecule has 6 heteroatoms. The van der Waals surface area contributed by atoms with Gasteiger partial charge in [-0.25, -0.2) is 4.79 Å². The van der Waals surface area contributed by atoms with E-state index in [0.717, 1.165) is 11.1 Å². The molecule has 0 aromatic heterocycles. The number of carboxylic acid groups (broad SMARTS) is 1. The van der Waals surface area contributed by atoms with Crippen molar-refractivity contribution in [1.82, 2.24) is 5.32 Å². The van der Waals surface area contributed by atoms with Crippen LogP contribution in [0.25, 0.3) is 0 Å². The van der Waals surface area contributed by atoms with E-state index in [4.69, 9.17) is 9.84 Å². The van der Waals surface area contributed by atoms with E-state index in [1.165, 1.54) is 0 Å².